The summed E-state index contributed by atoms with van der Waals surface area (Å²) in [6, 6.07) is 5.31. The third-order valence-electron chi connectivity index (χ3n) is 3.00. The molecule has 1 aliphatic heterocycles. The molecule has 0 radical (unpaired) electrons. The van der Waals surface area contributed by atoms with Crippen LogP contribution in [0.15, 0.2) is 18.2 Å². The van der Waals surface area contributed by atoms with E-state index >= 15 is 0 Å². The van der Waals surface area contributed by atoms with Crippen LogP contribution >= 0.6 is 0 Å². The Morgan fingerprint density at radius 2 is 2.05 bits per heavy atom. The molecule has 21 heavy (non-hydrogen) atoms. The SMILES string of the molecule is CC(=O)NCCN(Cc1ccc2c(c1)OCO2)S(C)(=O)=O. The fourth-order valence-corrected chi connectivity index (χ4v) is 2.77. The minimum atomic E-state index is -3.37. The van der Waals surface area contributed by atoms with Gasteiger partial charge in [0.2, 0.25) is 22.7 Å². The fraction of sp³-hybridized carbons (Fsp3) is 0.462. The van der Waals surface area contributed by atoms with E-state index in [4.69, 9.17) is 9.47 Å². The van der Waals surface area contributed by atoms with Gasteiger partial charge in [0.1, 0.15) is 0 Å². The molecule has 7 nitrogen and oxygen atoms in total. The van der Waals surface area contributed by atoms with Crippen LogP contribution in [0.1, 0.15) is 12.5 Å². The lowest BCUT2D eigenvalue weighted by atomic mass is 10.2. The summed E-state index contributed by atoms with van der Waals surface area (Å²) in [6.45, 7) is 2.27. The standard InChI is InChI=1S/C13H18N2O5S/c1-10(16)14-5-6-15(21(2,17)18)8-11-3-4-12-13(7-11)20-9-19-12/h3-4,7H,5-6,8-9H2,1-2H3,(H,14,16). The lowest BCUT2D eigenvalue weighted by Crippen LogP contribution is -2.37. The largest absolute Gasteiger partial charge is 0.454 e. The number of nitrogens with zero attached hydrogens (tertiary/aromatic N) is 1. The van der Waals surface area contributed by atoms with Crippen molar-refractivity contribution in [3.8, 4) is 11.5 Å². The van der Waals surface area contributed by atoms with Gasteiger partial charge in [-0.1, -0.05) is 6.07 Å². The molecule has 0 bridgehead atoms. The number of carbonyl (C=O) groups is 1. The second-order valence-electron chi connectivity index (χ2n) is 4.77. The highest BCUT2D eigenvalue weighted by molar-refractivity contribution is 7.88. The van der Waals surface area contributed by atoms with Crippen LogP contribution in [0.5, 0.6) is 11.5 Å². The molecule has 1 aliphatic rings. The number of hydrogen-bond acceptors (Lipinski definition) is 5. The Morgan fingerprint density at radius 3 is 2.71 bits per heavy atom. The van der Waals surface area contributed by atoms with E-state index in [0.29, 0.717) is 11.5 Å². The quantitative estimate of drug-likeness (QED) is 0.817. The van der Waals surface area contributed by atoms with Gasteiger partial charge in [-0.25, -0.2) is 8.42 Å². The topological polar surface area (TPSA) is 84.9 Å². The van der Waals surface area contributed by atoms with E-state index in [1.807, 2.05) is 0 Å². The second kappa shape index (κ2) is 6.31. The molecule has 0 saturated heterocycles. The Kier molecular flexibility index (Phi) is 4.69. The minimum Gasteiger partial charge on any atom is -0.454 e. The van der Waals surface area contributed by atoms with Crippen molar-refractivity contribution in [2.45, 2.75) is 13.5 Å². The Labute approximate surface area is 123 Å². The average Bonchev–Trinajstić information content (AvgIpc) is 2.83. The predicted molar refractivity (Wildman–Crippen MR) is 76.5 cm³/mol. The first-order valence-corrected chi connectivity index (χ1v) is 8.29. The molecule has 0 saturated carbocycles. The summed E-state index contributed by atoms with van der Waals surface area (Å²) >= 11 is 0. The number of rotatable bonds is 6. The van der Waals surface area contributed by atoms with Crippen LogP contribution in [0.3, 0.4) is 0 Å². The van der Waals surface area contributed by atoms with Gasteiger partial charge in [0.15, 0.2) is 11.5 Å². The van der Waals surface area contributed by atoms with Gasteiger partial charge in [-0.15, -0.1) is 0 Å². The van der Waals surface area contributed by atoms with Gasteiger partial charge in [0.05, 0.1) is 6.26 Å². The van der Waals surface area contributed by atoms with Crippen molar-refractivity contribution in [3.63, 3.8) is 0 Å². The number of benzene rings is 1. The van der Waals surface area contributed by atoms with E-state index in [1.165, 1.54) is 11.2 Å². The Balaban J connectivity index is 2.06. The number of hydrogen-bond donors (Lipinski definition) is 1. The molecule has 0 unspecified atom stereocenters. The highest BCUT2D eigenvalue weighted by Gasteiger charge is 2.19. The van der Waals surface area contributed by atoms with Gasteiger partial charge >= 0.3 is 0 Å². The zero-order valence-electron chi connectivity index (χ0n) is 12.0. The molecule has 8 heteroatoms. The van der Waals surface area contributed by atoms with Gasteiger partial charge in [0, 0.05) is 26.6 Å². The fourth-order valence-electron chi connectivity index (χ4n) is 1.96. The van der Waals surface area contributed by atoms with Crippen molar-refractivity contribution in [1.82, 2.24) is 9.62 Å². The molecular formula is C13H18N2O5S. The van der Waals surface area contributed by atoms with Crippen LogP contribution in [0.25, 0.3) is 0 Å². The molecule has 0 aromatic heterocycles. The van der Waals surface area contributed by atoms with E-state index in [-0.39, 0.29) is 32.3 Å². The Morgan fingerprint density at radius 1 is 1.33 bits per heavy atom. The lowest BCUT2D eigenvalue weighted by Gasteiger charge is -2.20. The molecule has 0 fully saturated rings. The minimum absolute atomic E-state index is 0.178. The molecule has 1 aromatic rings. The summed E-state index contributed by atoms with van der Waals surface area (Å²) in [5.41, 5.74) is 0.799. The number of nitrogens with one attached hydrogen (secondary N) is 1. The molecule has 0 aliphatic carbocycles. The van der Waals surface area contributed by atoms with E-state index < -0.39 is 10.0 Å². The van der Waals surface area contributed by atoms with E-state index in [1.54, 1.807) is 18.2 Å². The van der Waals surface area contributed by atoms with Crippen molar-refractivity contribution in [2.24, 2.45) is 0 Å². The molecule has 1 heterocycles. The summed E-state index contributed by atoms with van der Waals surface area (Å²) in [4.78, 5) is 10.9. The summed E-state index contributed by atoms with van der Waals surface area (Å²) < 4.78 is 35.4. The Bertz CT molecular complexity index is 629. The van der Waals surface area contributed by atoms with Gasteiger partial charge in [-0.05, 0) is 17.7 Å². The van der Waals surface area contributed by atoms with Crippen LogP contribution in [0, 0.1) is 0 Å². The van der Waals surface area contributed by atoms with Gasteiger partial charge < -0.3 is 14.8 Å². The van der Waals surface area contributed by atoms with E-state index in [0.717, 1.165) is 11.8 Å². The molecule has 1 N–H and O–H groups in total. The third-order valence-corrected chi connectivity index (χ3v) is 4.25. The monoisotopic (exact) mass is 314 g/mol. The number of ether oxygens (including phenoxy) is 2. The van der Waals surface area contributed by atoms with E-state index in [9.17, 15) is 13.2 Å². The normalized spacial score (nSPS) is 13.5. The van der Waals surface area contributed by atoms with E-state index in [2.05, 4.69) is 5.32 Å². The zero-order chi connectivity index (χ0) is 15.5. The van der Waals surface area contributed by atoms with Gasteiger partial charge in [0.25, 0.3) is 0 Å². The second-order valence-corrected chi connectivity index (χ2v) is 6.75. The van der Waals surface area contributed by atoms with Crippen molar-refractivity contribution in [2.75, 3.05) is 26.1 Å². The van der Waals surface area contributed by atoms with Crippen molar-refractivity contribution in [1.29, 1.82) is 0 Å². The zero-order valence-corrected chi connectivity index (χ0v) is 12.8. The van der Waals surface area contributed by atoms with Crippen LogP contribution in [-0.4, -0.2) is 44.8 Å². The maximum absolute atomic E-state index is 11.8. The van der Waals surface area contributed by atoms with Crippen LogP contribution in [0.2, 0.25) is 0 Å². The maximum atomic E-state index is 11.8. The first-order chi connectivity index (χ1) is 9.86. The number of sulfonamides is 1. The molecule has 116 valence electrons. The molecule has 2 rings (SSSR count). The van der Waals surface area contributed by atoms with Gasteiger partial charge in [-0.2, -0.15) is 4.31 Å². The lowest BCUT2D eigenvalue weighted by molar-refractivity contribution is -0.118. The van der Waals surface area contributed by atoms with Crippen LogP contribution in [-0.2, 0) is 21.4 Å². The molecule has 1 aromatic carbocycles. The maximum Gasteiger partial charge on any atom is 0.231 e. The first kappa shape index (κ1) is 15.6. The third kappa shape index (κ3) is 4.33. The number of carbonyl (C=O) groups excluding carboxylic acids is 1. The van der Waals surface area contributed by atoms with Crippen molar-refractivity contribution in [3.05, 3.63) is 23.8 Å². The average molecular weight is 314 g/mol. The van der Waals surface area contributed by atoms with Crippen molar-refractivity contribution >= 4 is 15.9 Å². The highest BCUT2D eigenvalue weighted by Crippen LogP contribution is 2.32. The van der Waals surface area contributed by atoms with Crippen LogP contribution in [0.4, 0.5) is 0 Å². The summed E-state index contributed by atoms with van der Waals surface area (Å²) in [6.07, 6.45) is 1.15. The number of fused-ring (bicyclic) bond motifs is 1. The molecule has 0 spiro atoms. The molecular weight excluding hydrogens is 296 g/mol. The predicted octanol–water partition coefficient (Wildman–Crippen LogP) is 0.313. The van der Waals surface area contributed by atoms with Gasteiger partial charge in [-0.3, -0.25) is 4.79 Å². The highest BCUT2D eigenvalue weighted by atomic mass is 32.2. The summed E-state index contributed by atoms with van der Waals surface area (Å²) in [7, 11) is -3.37. The smallest absolute Gasteiger partial charge is 0.231 e. The van der Waals surface area contributed by atoms with Crippen LogP contribution < -0.4 is 14.8 Å². The summed E-state index contributed by atoms with van der Waals surface area (Å²) in [5, 5.41) is 2.59. The number of amides is 1. The summed E-state index contributed by atoms with van der Waals surface area (Å²) in [5.74, 6) is 1.08. The first-order valence-electron chi connectivity index (χ1n) is 6.44. The Hall–Kier alpha value is -1.80. The molecule has 1 amide bonds. The van der Waals surface area contributed by atoms with Crippen molar-refractivity contribution < 1.29 is 22.7 Å². The molecule has 0 atom stereocenters.